The van der Waals surface area contributed by atoms with Crippen LogP contribution in [0.3, 0.4) is 0 Å². The molecule has 0 saturated heterocycles. The fraction of sp³-hybridized carbons (Fsp3) is 0.214. The van der Waals surface area contributed by atoms with Crippen LogP contribution in [0.2, 0.25) is 0 Å². The van der Waals surface area contributed by atoms with Gasteiger partial charge in [0, 0.05) is 32.8 Å². The highest BCUT2D eigenvalue weighted by atomic mass is 32.1. The summed E-state index contributed by atoms with van der Waals surface area (Å²) >= 11 is 5.35. The number of nitro groups is 1. The van der Waals surface area contributed by atoms with Crippen molar-refractivity contribution in [3.63, 3.8) is 0 Å². The van der Waals surface area contributed by atoms with Crippen LogP contribution in [0.15, 0.2) is 35.4 Å². The third kappa shape index (κ3) is 2.44. The Morgan fingerprint density at radius 1 is 1.22 bits per heavy atom. The van der Waals surface area contributed by atoms with Crippen molar-refractivity contribution in [3.05, 3.63) is 61.4 Å². The second-order valence-electron chi connectivity index (χ2n) is 5.17. The molecule has 0 radical (unpaired) electrons. The Bertz CT molecular complexity index is 1030. The minimum atomic E-state index is -0.437. The van der Waals surface area contributed by atoms with Crippen LogP contribution in [0.4, 0.5) is 5.69 Å². The molecule has 118 valence electrons. The first-order valence-electron chi connectivity index (χ1n) is 6.74. The van der Waals surface area contributed by atoms with Gasteiger partial charge < -0.3 is 4.57 Å². The van der Waals surface area contributed by atoms with Gasteiger partial charge in [-0.05, 0) is 5.56 Å². The Morgan fingerprint density at radius 2 is 1.87 bits per heavy atom. The lowest BCUT2D eigenvalue weighted by atomic mass is 10.2. The van der Waals surface area contributed by atoms with Crippen molar-refractivity contribution in [2.75, 3.05) is 0 Å². The molecule has 8 nitrogen and oxygen atoms in total. The minimum absolute atomic E-state index is 0.0435. The van der Waals surface area contributed by atoms with Gasteiger partial charge in [0.05, 0.1) is 11.3 Å². The van der Waals surface area contributed by atoms with E-state index in [4.69, 9.17) is 12.2 Å². The molecule has 0 saturated carbocycles. The predicted molar refractivity (Wildman–Crippen MR) is 87.0 cm³/mol. The summed E-state index contributed by atoms with van der Waals surface area (Å²) in [7, 11) is 3.26. The van der Waals surface area contributed by atoms with Crippen molar-refractivity contribution in [2.45, 2.75) is 6.54 Å². The van der Waals surface area contributed by atoms with Crippen LogP contribution in [-0.4, -0.2) is 23.6 Å². The van der Waals surface area contributed by atoms with Gasteiger partial charge in [0.1, 0.15) is 10.2 Å². The van der Waals surface area contributed by atoms with Crippen molar-refractivity contribution in [2.24, 2.45) is 14.1 Å². The molecule has 0 fully saturated rings. The number of imidazole rings is 1. The quantitative estimate of drug-likeness (QED) is 0.414. The monoisotopic (exact) mass is 331 g/mol. The maximum atomic E-state index is 12.0. The summed E-state index contributed by atoms with van der Waals surface area (Å²) in [6.45, 7) is 0.455. The second-order valence-corrected chi connectivity index (χ2v) is 5.56. The van der Waals surface area contributed by atoms with Crippen LogP contribution in [0.25, 0.3) is 11.2 Å². The molecule has 3 aromatic rings. The molecule has 0 aliphatic rings. The van der Waals surface area contributed by atoms with Gasteiger partial charge in [0.2, 0.25) is 0 Å². The van der Waals surface area contributed by atoms with Gasteiger partial charge in [-0.2, -0.15) is 0 Å². The molecule has 0 atom stereocenters. The number of aromatic nitrogens is 4. The largest absolute Gasteiger partial charge is 0.330 e. The van der Waals surface area contributed by atoms with Crippen molar-refractivity contribution in [1.29, 1.82) is 0 Å². The van der Waals surface area contributed by atoms with E-state index in [9.17, 15) is 14.9 Å². The Morgan fingerprint density at radius 3 is 2.48 bits per heavy atom. The second kappa shape index (κ2) is 5.43. The Hall–Kier alpha value is -2.81. The first-order valence-corrected chi connectivity index (χ1v) is 7.15. The molecule has 0 bridgehead atoms. The summed E-state index contributed by atoms with van der Waals surface area (Å²) in [5.41, 5.74) is 1.88. The first kappa shape index (κ1) is 15.1. The van der Waals surface area contributed by atoms with E-state index < -0.39 is 4.92 Å². The van der Waals surface area contributed by atoms with Crippen molar-refractivity contribution >= 4 is 29.1 Å². The molecular weight excluding hydrogens is 318 g/mol. The van der Waals surface area contributed by atoms with Crippen LogP contribution in [-0.2, 0) is 20.6 Å². The standard InChI is InChI=1S/C14H13N5O3S/c1-16-12-11(13(23)17(2)14(16)20)18(8-15-12)7-9-3-5-10(6-4-9)19(21)22/h3-6,8H,7H2,1-2H3. The smallest absolute Gasteiger partial charge is 0.322 e. The molecule has 2 aromatic heterocycles. The zero-order valence-electron chi connectivity index (χ0n) is 12.5. The molecule has 0 aliphatic heterocycles. The van der Waals surface area contributed by atoms with Gasteiger partial charge in [-0.15, -0.1) is 0 Å². The van der Waals surface area contributed by atoms with Crippen LogP contribution < -0.4 is 5.69 Å². The highest BCUT2D eigenvalue weighted by Gasteiger charge is 2.12. The molecule has 1 aromatic carbocycles. The lowest BCUT2D eigenvalue weighted by Crippen LogP contribution is -2.28. The fourth-order valence-electron chi connectivity index (χ4n) is 2.44. The van der Waals surface area contributed by atoms with Crippen LogP contribution in [0, 0.1) is 14.8 Å². The van der Waals surface area contributed by atoms with Crippen LogP contribution in [0.1, 0.15) is 5.56 Å². The summed E-state index contributed by atoms with van der Waals surface area (Å²) in [6.07, 6.45) is 1.61. The summed E-state index contributed by atoms with van der Waals surface area (Å²) in [4.78, 5) is 26.5. The predicted octanol–water partition coefficient (Wildman–Crippen LogP) is 1.76. The van der Waals surface area contributed by atoms with E-state index >= 15 is 0 Å². The third-order valence-electron chi connectivity index (χ3n) is 3.72. The molecule has 0 aliphatic carbocycles. The van der Waals surface area contributed by atoms with E-state index in [0.717, 1.165) is 5.56 Å². The Balaban J connectivity index is 2.09. The average molecular weight is 331 g/mol. The molecule has 0 unspecified atom stereocenters. The summed E-state index contributed by atoms with van der Waals surface area (Å²) in [5.74, 6) is 0. The van der Waals surface area contributed by atoms with Crippen LogP contribution >= 0.6 is 12.2 Å². The van der Waals surface area contributed by atoms with Crippen molar-refractivity contribution in [1.82, 2.24) is 18.7 Å². The summed E-state index contributed by atoms with van der Waals surface area (Å²) < 4.78 is 5.07. The number of rotatable bonds is 3. The maximum absolute atomic E-state index is 12.0. The van der Waals surface area contributed by atoms with Gasteiger partial charge in [0.15, 0.2) is 5.65 Å². The normalized spacial score (nSPS) is 11.0. The number of hydrogen-bond donors (Lipinski definition) is 0. The number of non-ortho nitro benzene ring substituents is 1. The number of aryl methyl sites for hydroxylation is 1. The number of benzene rings is 1. The minimum Gasteiger partial charge on any atom is -0.322 e. The molecule has 0 N–H and O–H groups in total. The molecule has 3 rings (SSSR count). The molecule has 23 heavy (non-hydrogen) atoms. The number of nitrogens with zero attached hydrogens (tertiary/aromatic N) is 5. The van der Waals surface area contributed by atoms with Crippen molar-refractivity contribution < 1.29 is 4.92 Å². The van der Waals surface area contributed by atoms with Gasteiger partial charge >= 0.3 is 5.69 Å². The van der Waals surface area contributed by atoms with E-state index in [-0.39, 0.29) is 11.4 Å². The highest BCUT2D eigenvalue weighted by molar-refractivity contribution is 7.71. The van der Waals surface area contributed by atoms with Crippen LogP contribution in [0.5, 0.6) is 0 Å². The zero-order chi connectivity index (χ0) is 16.7. The SMILES string of the molecule is Cn1c(=S)c2c(ncn2Cc2ccc([N+](=O)[O-])cc2)n(C)c1=O. The molecule has 0 amide bonds. The molecule has 0 spiro atoms. The lowest BCUT2D eigenvalue weighted by molar-refractivity contribution is -0.384. The summed E-state index contributed by atoms with van der Waals surface area (Å²) in [6, 6.07) is 6.29. The van der Waals surface area contributed by atoms with Gasteiger partial charge in [-0.3, -0.25) is 19.2 Å². The Kier molecular flexibility index (Phi) is 3.57. The Labute approximate surface area is 135 Å². The van der Waals surface area contributed by atoms with E-state index in [1.165, 1.54) is 21.3 Å². The number of hydrogen-bond acceptors (Lipinski definition) is 5. The molecule has 9 heteroatoms. The molecule has 2 heterocycles. The molecular formula is C14H13N5O3S. The van der Waals surface area contributed by atoms with E-state index in [2.05, 4.69) is 4.98 Å². The maximum Gasteiger partial charge on any atom is 0.330 e. The average Bonchev–Trinajstić information content (AvgIpc) is 2.95. The van der Waals surface area contributed by atoms with E-state index in [0.29, 0.717) is 22.3 Å². The van der Waals surface area contributed by atoms with E-state index in [1.807, 2.05) is 4.57 Å². The summed E-state index contributed by atoms with van der Waals surface area (Å²) in [5, 5.41) is 10.7. The van der Waals surface area contributed by atoms with Crippen molar-refractivity contribution in [3.8, 4) is 0 Å². The third-order valence-corrected chi connectivity index (χ3v) is 4.18. The first-order chi connectivity index (χ1) is 10.9. The fourth-order valence-corrected chi connectivity index (χ4v) is 2.72. The van der Waals surface area contributed by atoms with E-state index in [1.54, 1.807) is 32.6 Å². The topological polar surface area (TPSA) is 87.9 Å². The highest BCUT2D eigenvalue weighted by Crippen LogP contribution is 2.16. The van der Waals surface area contributed by atoms with Gasteiger partial charge in [0.25, 0.3) is 5.69 Å². The van der Waals surface area contributed by atoms with Gasteiger partial charge in [-0.1, -0.05) is 24.4 Å². The number of fused-ring (bicyclic) bond motifs is 1. The van der Waals surface area contributed by atoms with Gasteiger partial charge in [-0.25, -0.2) is 9.78 Å². The zero-order valence-corrected chi connectivity index (χ0v) is 13.3. The lowest BCUT2D eigenvalue weighted by Gasteiger charge is -2.08. The number of nitro benzene ring substituents is 1.